The van der Waals surface area contributed by atoms with Crippen LogP contribution in [0.15, 0.2) is 73.1 Å². The van der Waals surface area contributed by atoms with E-state index in [1.54, 1.807) is 19.1 Å². The molecule has 8 nitrogen and oxygen atoms in total. The summed E-state index contributed by atoms with van der Waals surface area (Å²) in [6.07, 6.45) is -3.39. The van der Waals surface area contributed by atoms with Gasteiger partial charge in [-0.2, -0.15) is 18.3 Å². The lowest BCUT2D eigenvalue weighted by Crippen LogP contribution is -2.20. The fraction of sp³-hybridized carbons (Fsp3) is 0.0769. The van der Waals surface area contributed by atoms with Crippen molar-refractivity contribution in [3.8, 4) is 17.3 Å². The number of halogens is 5. The smallest absolute Gasteiger partial charge is 0.416 e. The summed E-state index contributed by atoms with van der Waals surface area (Å²) in [5.74, 6) is -0.844. The predicted octanol–water partition coefficient (Wildman–Crippen LogP) is 6.86. The van der Waals surface area contributed by atoms with Crippen LogP contribution in [-0.2, 0) is 6.18 Å². The number of hydrogen-bond donors (Lipinski definition) is 2. The molecule has 5 rings (SSSR count). The van der Waals surface area contributed by atoms with E-state index in [1.165, 1.54) is 47.4 Å². The summed E-state index contributed by atoms with van der Waals surface area (Å²) in [5.41, 5.74) is 0.158. The van der Waals surface area contributed by atoms with Gasteiger partial charge in [-0.05, 0) is 73.7 Å². The van der Waals surface area contributed by atoms with Crippen molar-refractivity contribution in [3.63, 3.8) is 0 Å². The lowest BCUT2D eigenvalue weighted by molar-refractivity contribution is -0.137. The molecule has 3 aromatic carbocycles. The molecule has 0 saturated carbocycles. The predicted molar refractivity (Wildman–Crippen MR) is 132 cm³/mol. The minimum absolute atomic E-state index is 0.212. The van der Waals surface area contributed by atoms with Crippen molar-refractivity contribution < 1.29 is 31.5 Å². The normalized spacial score (nSPS) is 11.4. The number of urea groups is 1. The van der Waals surface area contributed by atoms with E-state index in [0.717, 1.165) is 0 Å². The Morgan fingerprint density at radius 3 is 2.33 bits per heavy atom. The number of nitrogens with one attached hydrogen (secondary N) is 2. The summed E-state index contributed by atoms with van der Waals surface area (Å²) in [5, 5.41) is 9.48. The van der Waals surface area contributed by atoms with Crippen molar-refractivity contribution in [3.05, 3.63) is 95.9 Å². The third kappa shape index (κ3) is 5.46. The fourth-order valence-corrected chi connectivity index (χ4v) is 3.72. The first-order valence-electron chi connectivity index (χ1n) is 11.3. The summed E-state index contributed by atoms with van der Waals surface area (Å²) in [6.45, 7) is 1.75. The standard InChI is InChI=1S/C26H17F5N6O2/c1-14-22-23(37(36-14)18-7-3-16(27)4-8-18)32-13-33-24(22)39-19-9-5-17(6-10-19)34-25(38)35-21-12-15(26(29,30)31)2-11-20(21)28/h2-13H,1H3,(H2,34,35,38). The van der Waals surface area contributed by atoms with Crippen LogP contribution >= 0.6 is 0 Å². The molecule has 0 unspecified atom stereocenters. The summed E-state index contributed by atoms with van der Waals surface area (Å²) in [7, 11) is 0. The number of fused-ring (bicyclic) bond motifs is 1. The van der Waals surface area contributed by atoms with Gasteiger partial charge >= 0.3 is 12.2 Å². The second kappa shape index (κ2) is 10.0. The van der Waals surface area contributed by atoms with Crippen molar-refractivity contribution in [2.75, 3.05) is 10.6 Å². The number of aromatic nitrogens is 4. The maximum Gasteiger partial charge on any atom is 0.416 e. The van der Waals surface area contributed by atoms with Gasteiger partial charge in [0.1, 0.15) is 29.1 Å². The van der Waals surface area contributed by atoms with Crippen molar-refractivity contribution >= 4 is 28.4 Å². The van der Waals surface area contributed by atoms with Gasteiger partial charge in [0.2, 0.25) is 5.88 Å². The Labute approximate surface area is 217 Å². The number of rotatable bonds is 5. The van der Waals surface area contributed by atoms with Gasteiger partial charge in [0.25, 0.3) is 0 Å². The number of benzene rings is 3. The maximum absolute atomic E-state index is 13.9. The van der Waals surface area contributed by atoms with E-state index < -0.39 is 29.3 Å². The Morgan fingerprint density at radius 1 is 0.923 bits per heavy atom. The lowest BCUT2D eigenvalue weighted by Gasteiger charge is -2.12. The molecule has 2 N–H and O–H groups in total. The zero-order valence-electron chi connectivity index (χ0n) is 19.9. The van der Waals surface area contributed by atoms with Crippen LogP contribution in [0.5, 0.6) is 11.6 Å². The Bertz CT molecular complexity index is 1670. The first-order valence-corrected chi connectivity index (χ1v) is 11.3. The van der Waals surface area contributed by atoms with Crippen LogP contribution in [0.4, 0.5) is 38.1 Å². The molecule has 198 valence electrons. The topological polar surface area (TPSA) is 94.0 Å². The third-order valence-corrected chi connectivity index (χ3v) is 5.54. The van der Waals surface area contributed by atoms with E-state index in [2.05, 4.69) is 25.7 Å². The molecule has 13 heteroatoms. The quantitative estimate of drug-likeness (QED) is 0.238. The van der Waals surface area contributed by atoms with Crippen molar-refractivity contribution in [2.24, 2.45) is 0 Å². The number of hydrogen-bond acceptors (Lipinski definition) is 5. The molecule has 0 saturated heterocycles. The van der Waals surface area contributed by atoms with Crippen molar-refractivity contribution in [1.29, 1.82) is 0 Å². The van der Waals surface area contributed by atoms with E-state index in [9.17, 15) is 26.7 Å². The molecule has 0 fully saturated rings. The molecule has 2 amide bonds. The van der Waals surface area contributed by atoms with Crippen LogP contribution in [0.25, 0.3) is 16.7 Å². The highest BCUT2D eigenvalue weighted by molar-refractivity contribution is 5.99. The number of aryl methyl sites for hydroxylation is 1. The molecule has 0 radical (unpaired) electrons. The van der Waals surface area contributed by atoms with E-state index in [4.69, 9.17) is 4.74 Å². The highest BCUT2D eigenvalue weighted by atomic mass is 19.4. The molecule has 2 aromatic heterocycles. The molecule has 5 aromatic rings. The van der Waals surface area contributed by atoms with Crippen LogP contribution in [-0.4, -0.2) is 25.8 Å². The van der Waals surface area contributed by atoms with Crippen molar-refractivity contribution in [2.45, 2.75) is 13.1 Å². The molecule has 0 spiro atoms. The van der Waals surface area contributed by atoms with Gasteiger partial charge in [0, 0.05) is 5.69 Å². The monoisotopic (exact) mass is 540 g/mol. The molecule has 0 bridgehead atoms. The summed E-state index contributed by atoms with van der Waals surface area (Å²) >= 11 is 0. The lowest BCUT2D eigenvalue weighted by atomic mass is 10.2. The number of alkyl halides is 3. The van der Waals surface area contributed by atoms with Gasteiger partial charge in [-0.15, -0.1) is 0 Å². The fourth-order valence-electron chi connectivity index (χ4n) is 3.72. The Kier molecular flexibility index (Phi) is 6.56. The molecule has 0 atom stereocenters. The van der Waals surface area contributed by atoms with Crippen LogP contribution in [0, 0.1) is 18.6 Å². The zero-order valence-corrected chi connectivity index (χ0v) is 19.9. The molecule has 39 heavy (non-hydrogen) atoms. The van der Waals surface area contributed by atoms with E-state index in [0.29, 0.717) is 46.4 Å². The van der Waals surface area contributed by atoms with Crippen LogP contribution in [0.3, 0.4) is 0 Å². The largest absolute Gasteiger partial charge is 0.438 e. The summed E-state index contributed by atoms with van der Waals surface area (Å²) in [6, 6.07) is 12.5. The number of anilines is 2. The van der Waals surface area contributed by atoms with Crippen LogP contribution in [0.2, 0.25) is 0 Å². The first-order chi connectivity index (χ1) is 18.6. The molecule has 2 heterocycles. The summed E-state index contributed by atoms with van der Waals surface area (Å²) in [4.78, 5) is 20.7. The minimum Gasteiger partial charge on any atom is -0.438 e. The van der Waals surface area contributed by atoms with Gasteiger partial charge < -0.3 is 15.4 Å². The highest BCUT2D eigenvalue weighted by Crippen LogP contribution is 2.33. The second-order valence-electron chi connectivity index (χ2n) is 8.25. The van der Waals surface area contributed by atoms with E-state index in [1.807, 2.05) is 0 Å². The van der Waals surface area contributed by atoms with Crippen LogP contribution < -0.4 is 15.4 Å². The Hall–Kier alpha value is -5.07. The number of nitrogens with zero attached hydrogens (tertiary/aromatic N) is 4. The van der Waals surface area contributed by atoms with E-state index >= 15 is 0 Å². The van der Waals surface area contributed by atoms with Crippen LogP contribution in [0.1, 0.15) is 11.3 Å². The number of ether oxygens (including phenoxy) is 1. The molecular formula is C26H17F5N6O2. The molecule has 0 aliphatic heterocycles. The van der Waals surface area contributed by atoms with Gasteiger partial charge in [0.05, 0.1) is 22.6 Å². The summed E-state index contributed by atoms with van der Waals surface area (Å²) < 4.78 is 73.4. The van der Waals surface area contributed by atoms with Gasteiger partial charge in [-0.1, -0.05) is 0 Å². The van der Waals surface area contributed by atoms with E-state index in [-0.39, 0.29) is 17.4 Å². The number of amides is 2. The van der Waals surface area contributed by atoms with Crippen molar-refractivity contribution in [1.82, 2.24) is 19.7 Å². The average molecular weight is 540 g/mol. The first kappa shape index (κ1) is 25.6. The molecule has 0 aliphatic carbocycles. The Morgan fingerprint density at radius 2 is 1.64 bits per heavy atom. The highest BCUT2D eigenvalue weighted by Gasteiger charge is 2.31. The molecule has 0 aliphatic rings. The second-order valence-corrected chi connectivity index (χ2v) is 8.25. The number of carbonyl (C=O) groups excluding carboxylic acids is 1. The zero-order chi connectivity index (χ0) is 27.7. The average Bonchev–Trinajstić information content (AvgIpc) is 3.23. The maximum atomic E-state index is 13.9. The minimum atomic E-state index is -4.69. The van der Waals surface area contributed by atoms with Gasteiger partial charge in [-0.3, -0.25) is 0 Å². The number of carbonyl (C=O) groups is 1. The SMILES string of the molecule is Cc1nn(-c2ccc(F)cc2)c2ncnc(Oc3ccc(NC(=O)Nc4cc(C(F)(F)F)ccc4F)cc3)c12. The molecular weight excluding hydrogens is 523 g/mol. The third-order valence-electron chi connectivity index (χ3n) is 5.54. The van der Waals surface area contributed by atoms with Gasteiger partial charge in [0.15, 0.2) is 5.65 Å². The Balaban J connectivity index is 1.31. The van der Waals surface area contributed by atoms with Gasteiger partial charge in [-0.25, -0.2) is 28.2 Å².